The highest BCUT2D eigenvalue weighted by atomic mass is 127. The molecule has 2 aliphatic heterocycles. The van der Waals surface area contributed by atoms with Crippen LogP contribution in [0.15, 0.2) is 45.6 Å². The van der Waals surface area contributed by atoms with Crippen molar-refractivity contribution in [3.8, 4) is 0 Å². The van der Waals surface area contributed by atoms with Crippen molar-refractivity contribution in [1.29, 1.82) is 0 Å². The molecular formula is C23H26FIN6O3S. The fourth-order valence-corrected chi connectivity index (χ4v) is 6.34. The van der Waals surface area contributed by atoms with Gasteiger partial charge in [0.1, 0.15) is 20.3 Å². The van der Waals surface area contributed by atoms with Crippen LogP contribution in [0.2, 0.25) is 0 Å². The number of piperidine rings is 1. The van der Waals surface area contributed by atoms with Crippen LogP contribution in [0, 0.1) is 11.2 Å². The number of methoxy groups -OCH3 is 1. The molecule has 1 aromatic carbocycles. The van der Waals surface area contributed by atoms with Crippen molar-refractivity contribution < 1.29 is 13.9 Å². The summed E-state index contributed by atoms with van der Waals surface area (Å²) in [6.07, 6.45) is 6.66. The summed E-state index contributed by atoms with van der Waals surface area (Å²) in [7, 11) is 1.54. The summed E-state index contributed by atoms with van der Waals surface area (Å²) in [4.78, 5) is 28.5. The molecule has 0 unspecified atom stereocenters. The molecule has 2 aliphatic rings. The lowest BCUT2D eigenvalue weighted by Gasteiger charge is -2.41. The highest BCUT2D eigenvalue weighted by Crippen LogP contribution is 2.43. The maximum Gasteiger partial charge on any atom is 0.264 e. The van der Waals surface area contributed by atoms with Crippen molar-refractivity contribution in [2.75, 3.05) is 38.3 Å². The molecule has 2 N–H and O–H groups in total. The van der Waals surface area contributed by atoms with E-state index in [2.05, 4.69) is 42.4 Å². The number of fused-ring (bicyclic) bond motifs is 1. The van der Waals surface area contributed by atoms with Gasteiger partial charge in [0, 0.05) is 31.7 Å². The summed E-state index contributed by atoms with van der Waals surface area (Å²) in [5, 5.41) is 0.506. The molecule has 0 saturated carbocycles. The third kappa shape index (κ3) is 4.78. The number of alkyl halides is 1. The second kappa shape index (κ2) is 10.2. The van der Waals surface area contributed by atoms with Crippen LogP contribution in [0.25, 0.3) is 10.9 Å². The largest absolute Gasteiger partial charge is 0.383 e. The smallest absolute Gasteiger partial charge is 0.264 e. The Hall–Kier alpha value is -1.87. The first kappa shape index (κ1) is 24.8. The molecule has 2 aromatic heterocycles. The lowest BCUT2D eigenvalue weighted by atomic mass is 9.75. The minimum atomic E-state index is -0.604. The summed E-state index contributed by atoms with van der Waals surface area (Å²) < 4.78 is 27.5. The number of anilines is 1. The molecule has 4 heterocycles. The number of ether oxygens (including phenoxy) is 2. The van der Waals surface area contributed by atoms with E-state index >= 15 is 4.39 Å². The highest BCUT2D eigenvalue weighted by Gasteiger charge is 2.48. The van der Waals surface area contributed by atoms with Gasteiger partial charge in [0.25, 0.3) is 5.56 Å². The monoisotopic (exact) mass is 612 g/mol. The zero-order valence-corrected chi connectivity index (χ0v) is 22.2. The first-order valence-corrected chi connectivity index (χ1v) is 13.4. The topological polar surface area (TPSA) is 108 Å². The molecule has 2 saturated heterocycles. The van der Waals surface area contributed by atoms with Crippen LogP contribution in [0.4, 0.5) is 10.2 Å². The van der Waals surface area contributed by atoms with Crippen LogP contribution in [0.1, 0.15) is 12.8 Å². The number of nitrogens with two attached hydrogens (primary N) is 1. The van der Waals surface area contributed by atoms with E-state index in [9.17, 15) is 4.79 Å². The molecular weight excluding hydrogens is 586 g/mol. The Morgan fingerprint density at radius 1 is 1.29 bits per heavy atom. The van der Waals surface area contributed by atoms with E-state index in [1.54, 1.807) is 31.6 Å². The number of benzene rings is 1. The Balaban J connectivity index is 1.30. The van der Waals surface area contributed by atoms with Crippen LogP contribution >= 0.6 is 34.4 Å². The van der Waals surface area contributed by atoms with E-state index in [4.69, 9.17) is 15.2 Å². The maximum absolute atomic E-state index is 15.3. The van der Waals surface area contributed by atoms with E-state index in [-0.39, 0.29) is 21.0 Å². The molecule has 0 bridgehead atoms. The van der Waals surface area contributed by atoms with Gasteiger partial charge in [0.2, 0.25) is 0 Å². The fraction of sp³-hybridized carbons (Fsp3) is 0.478. The van der Waals surface area contributed by atoms with Gasteiger partial charge in [-0.25, -0.2) is 19.3 Å². The number of hydrogen-bond acceptors (Lipinski definition) is 9. The minimum Gasteiger partial charge on any atom is -0.383 e. The molecule has 35 heavy (non-hydrogen) atoms. The van der Waals surface area contributed by atoms with Gasteiger partial charge in [0.05, 0.1) is 48.9 Å². The third-order valence-electron chi connectivity index (χ3n) is 6.86. The summed E-state index contributed by atoms with van der Waals surface area (Å²) in [6.45, 7) is 3.02. The predicted octanol–water partition coefficient (Wildman–Crippen LogP) is 2.83. The molecule has 3 aromatic rings. The molecule has 0 radical (unpaired) electrons. The normalized spacial score (nSPS) is 21.8. The van der Waals surface area contributed by atoms with E-state index in [1.807, 2.05) is 0 Å². The van der Waals surface area contributed by atoms with Crippen molar-refractivity contribution in [3.05, 3.63) is 47.0 Å². The van der Waals surface area contributed by atoms with Crippen LogP contribution < -0.4 is 16.2 Å². The van der Waals surface area contributed by atoms with Gasteiger partial charge in [-0.1, -0.05) is 11.8 Å². The first-order chi connectivity index (χ1) is 16.9. The first-order valence-electron chi connectivity index (χ1n) is 11.3. The lowest BCUT2D eigenvalue weighted by molar-refractivity contribution is 0.127. The molecule has 5 rings (SSSR count). The van der Waals surface area contributed by atoms with Crippen LogP contribution in [0.3, 0.4) is 0 Å². The molecule has 1 spiro atoms. The number of rotatable bonds is 6. The molecule has 0 aliphatic carbocycles. The average Bonchev–Trinajstić information content (AvgIpc) is 3.14. The summed E-state index contributed by atoms with van der Waals surface area (Å²) in [5.74, 6) is 0.180. The Labute approximate surface area is 219 Å². The van der Waals surface area contributed by atoms with Gasteiger partial charge >= 0.3 is 0 Å². The Morgan fingerprint density at radius 3 is 2.74 bits per heavy atom. The highest BCUT2D eigenvalue weighted by molar-refractivity contribution is 14.1. The maximum atomic E-state index is 15.3. The number of aromatic nitrogens is 4. The molecule has 12 heteroatoms. The van der Waals surface area contributed by atoms with Crippen molar-refractivity contribution in [2.24, 2.45) is 11.1 Å². The van der Waals surface area contributed by atoms with Gasteiger partial charge in [-0.05, 0) is 47.6 Å². The molecule has 2 fully saturated rings. The molecule has 0 amide bonds. The summed E-state index contributed by atoms with van der Waals surface area (Å²) in [5.41, 5.74) is 6.33. The third-order valence-corrected chi connectivity index (χ3v) is 8.95. The fourth-order valence-electron chi connectivity index (χ4n) is 4.63. The Bertz CT molecular complexity index is 1270. The van der Waals surface area contributed by atoms with Crippen LogP contribution in [-0.4, -0.2) is 63.1 Å². The second-order valence-corrected chi connectivity index (χ2v) is 11.1. The van der Waals surface area contributed by atoms with Gasteiger partial charge in [0.15, 0.2) is 5.82 Å². The van der Waals surface area contributed by atoms with E-state index in [0.717, 1.165) is 43.5 Å². The standard InChI is InChI=1S/C23H26FIN6O3S/c1-33-9-8-31-13-29-14-2-3-15(19(24)18(14)22(31)32)35-17-11-27-16(10-28-17)30-6-4-23(5-7-30)12-34-21(25)20(23)26/h2-3,10-11,13,20-21H,4-9,12,26H2,1H3/t20-,21-/m1/s1. The van der Waals surface area contributed by atoms with Gasteiger partial charge in [-0.2, -0.15) is 0 Å². The SMILES string of the molecule is COCCn1cnc2ccc(Sc3cnc(N4CCC5(CC4)CO[C@@H](I)[C@H]5N)cn3)c(F)c2c1=O. The second-order valence-electron chi connectivity index (χ2n) is 8.86. The summed E-state index contributed by atoms with van der Waals surface area (Å²) >= 11 is 3.41. The van der Waals surface area contributed by atoms with E-state index < -0.39 is 11.4 Å². The van der Waals surface area contributed by atoms with Gasteiger partial charge < -0.3 is 20.1 Å². The van der Waals surface area contributed by atoms with Crippen LogP contribution in [0.5, 0.6) is 0 Å². The molecule has 186 valence electrons. The zero-order valence-electron chi connectivity index (χ0n) is 19.2. The minimum absolute atomic E-state index is 0.0379. The number of halogens is 2. The number of nitrogens with zero attached hydrogens (tertiary/aromatic N) is 5. The Morgan fingerprint density at radius 2 is 2.09 bits per heavy atom. The number of hydrogen-bond donors (Lipinski definition) is 1. The van der Waals surface area contributed by atoms with Crippen molar-refractivity contribution in [2.45, 2.75) is 39.5 Å². The van der Waals surface area contributed by atoms with Crippen molar-refractivity contribution in [1.82, 2.24) is 19.5 Å². The van der Waals surface area contributed by atoms with E-state index in [1.165, 1.54) is 10.9 Å². The van der Waals surface area contributed by atoms with E-state index in [0.29, 0.717) is 35.2 Å². The summed E-state index contributed by atoms with van der Waals surface area (Å²) in [6, 6.07) is 3.30. The predicted molar refractivity (Wildman–Crippen MR) is 140 cm³/mol. The van der Waals surface area contributed by atoms with Gasteiger partial charge in [-0.15, -0.1) is 0 Å². The van der Waals surface area contributed by atoms with Gasteiger partial charge in [-0.3, -0.25) is 9.36 Å². The lowest BCUT2D eigenvalue weighted by Crippen LogP contribution is -2.50. The van der Waals surface area contributed by atoms with Crippen LogP contribution in [-0.2, 0) is 16.0 Å². The van der Waals surface area contributed by atoms with Crippen molar-refractivity contribution >= 4 is 51.1 Å². The average molecular weight is 612 g/mol. The molecule has 9 nitrogen and oxygen atoms in total. The quantitative estimate of drug-likeness (QED) is 0.332. The van der Waals surface area contributed by atoms with Crippen molar-refractivity contribution in [3.63, 3.8) is 0 Å². The Kier molecular flexibility index (Phi) is 7.26. The molecule has 2 atom stereocenters. The zero-order chi connectivity index (χ0) is 24.6.